The van der Waals surface area contributed by atoms with E-state index in [9.17, 15) is 4.79 Å². The number of carboxylic acid groups (broad SMARTS) is 1. The second-order valence-corrected chi connectivity index (χ2v) is 3.44. The van der Waals surface area contributed by atoms with E-state index < -0.39 is 11.9 Å². The molecule has 1 atom stereocenters. The molecule has 0 radical (unpaired) electrons. The van der Waals surface area contributed by atoms with Gasteiger partial charge in [-0.3, -0.25) is 4.79 Å². The van der Waals surface area contributed by atoms with Crippen LogP contribution < -0.4 is 4.74 Å². The Kier molecular flexibility index (Phi) is 4.34. The van der Waals surface area contributed by atoms with Gasteiger partial charge in [0.05, 0.1) is 25.5 Å². The van der Waals surface area contributed by atoms with Crippen LogP contribution in [0.2, 0.25) is 0 Å². The van der Waals surface area contributed by atoms with Crippen LogP contribution >= 0.6 is 0 Å². The zero-order chi connectivity index (χ0) is 12.0. The van der Waals surface area contributed by atoms with Crippen LogP contribution in [0.15, 0.2) is 24.3 Å². The largest absolute Gasteiger partial charge is 0.496 e. The van der Waals surface area contributed by atoms with E-state index in [-0.39, 0.29) is 6.42 Å². The summed E-state index contributed by atoms with van der Waals surface area (Å²) < 4.78 is 5.14. The first kappa shape index (κ1) is 12.1. The normalized spacial score (nSPS) is 11.5. The van der Waals surface area contributed by atoms with Gasteiger partial charge in [0.15, 0.2) is 0 Å². The molecule has 0 spiro atoms. The maximum atomic E-state index is 10.5. The Morgan fingerprint density at radius 3 is 2.81 bits per heavy atom. The number of aliphatic carboxylic acids is 1. The van der Waals surface area contributed by atoms with E-state index in [4.69, 9.17) is 15.1 Å². The fraction of sp³-hybridized carbons (Fsp3) is 0.333. The molecule has 0 aliphatic rings. The number of ether oxygens (including phenoxy) is 1. The van der Waals surface area contributed by atoms with Crippen LogP contribution in [0.5, 0.6) is 5.75 Å². The van der Waals surface area contributed by atoms with Crippen LogP contribution in [-0.2, 0) is 11.2 Å². The summed E-state index contributed by atoms with van der Waals surface area (Å²) >= 11 is 0. The smallest absolute Gasteiger partial charge is 0.304 e. The molecule has 84 valence electrons. The van der Waals surface area contributed by atoms with E-state index in [1.54, 1.807) is 13.2 Å². The van der Waals surface area contributed by atoms with Crippen LogP contribution in [0.4, 0.5) is 0 Å². The summed E-state index contributed by atoms with van der Waals surface area (Å²) in [6.07, 6.45) is 0.251. The minimum absolute atomic E-state index is 0.144. The van der Waals surface area contributed by atoms with E-state index >= 15 is 0 Å². The average Bonchev–Trinajstić information content (AvgIpc) is 2.28. The molecule has 0 saturated carbocycles. The van der Waals surface area contributed by atoms with Crippen LogP contribution in [0, 0.1) is 17.2 Å². The fourth-order valence-electron chi connectivity index (χ4n) is 1.51. The molecular weight excluding hydrogens is 206 g/mol. The van der Waals surface area contributed by atoms with Crippen molar-refractivity contribution in [2.75, 3.05) is 7.11 Å². The molecule has 0 aliphatic carbocycles. The van der Waals surface area contributed by atoms with Crippen molar-refractivity contribution in [3.05, 3.63) is 29.8 Å². The third kappa shape index (κ3) is 3.28. The van der Waals surface area contributed by atoms with Crippen molar-refractivity contribution in [1.29, 1.82) is 5.26 Å². The molecule has 1 aromatic carbocycles. The number of hydrogen-bond donors (Lipinski definition) is 1. The number of nitriles is 1. The maximum Gasteiger partial charge on any atom is 0.304 e. The molecular formula is C12H13NO3. The van der Waals surface area contributed by atoms with E-state index in [2.05, 4.69) is 0 Å². The molecule has 0 aromatic heterocycles. The van der Waals surface area contributed by atoms with Crippen LogP contribution in [0.3, 0.4) is 0 Å². The lowest BCUT2D eigenvalue weighted by atomic mass is 9.97. The SMILES string of the molecule is COc1ccccc1CC(C#N)CC(=O)O. The number of para-hydroxylation sites is 1. The Morgan fingerprint density at radius 1 is 1.56 bits per heavy atom. The van der Waals surface area contributed by atoms with Crippen molar-refractivity contribution in [2.45, 2.75) is 12.8 Å². The summed E-state index contributed by atoms with van der Waals surface area (Å²) in [5.41, 5.74) is 0.859. The molecule has 4 nitrogen and oxygen atoms in total. The van der Waals surface area contributed by atoms with Gasteiger partial charge in [-0.2, -0.15) is 5.26 Å². The first-order valence-electron chi connectivity index (χ1n) is 4.90. The average molecular weight is 219 g/mol. The van der Waals surface area contributed by atoms with E-state index in [0.29, 0.717) is 12.2 Å². The summed E-state index contributed by atoms with van der Waals surface area (Å²) in [4.78, 5) is 10.5. The van der Waals surface area contributed by atoms with E-state index in [1.165, 1.54) is 0 Å². The fourth-order valence-corrected chi connectivity index (χ4v) is 1.51. The molecule has 16 heavy (non-hydrogen) atoms. The molecule has 0 heterocycles. The number of methoxy groups -OCH3 is 1. The van der Waals surface area contributed by atoms with Gasteiger partial charge in [0, 0.05) is 0 Å². The monoisotopic (exact) mass is 219 g/mol. The zero-order valence-electron chi connectivity index (χ0n) is 9.01. The van der Waals surface area contributed by atoms with E-state index in [0.717, 1.165) is 5.56 Å². The number of carboxylic acids is 1. The van der Waals surface area contributed by atoms with Crippen molar-refractivity contribution in [1.82, 2.24) is 0 Å². The highest BCUT2D eigenvalue weighted by molar-refractivity contribution is 5.67. The van der Waals surface area contributed by atoms with Gasteiger partial charge in [0.1, 0.15) is 5.75 Å². The van der Waals surface area contributed by atoms with Gasteiger partial charge in [-0.05, 0) is 18.1 Å². The maximum absolute atomic E-state index is 10.5. The molecule has 0 saturated heterocycles. The predicted molar refractivity (Wildman–Crippen MR) is 58.1 cm³/mol. The highest BCUT2D eigenvalue weighted by Gasteiger charge is 2.15. The Bertz CT molecular complexity index is 409. The summed E-state index contributed by atoms with van der Waals surface area (Å²) in [5, 5.41) is 17.5. The standard InChI is InChI=1S/C12H13NO3/c1-16-11-5-3-2-4-10(11)6-9(8-13)7-12(14)15/h2-5,9H,6-7H2,1H3,(H,14,15). The van der Waals surface area contributed by atoms with Gasteiger partial charge in [0.2, 0.25) is 0 Å². The van der Waals surface area contributed by atoms with Crippen molar-refractivity contribution in [3.8, 4) is 11.8 Å². The van der Waals surface area contributed by atoms with Crippen LogP contribution in [0.1, 0.15) is 12.0 Å². The molecule has 0 fully saturated rings. The van der Waals surface area contributed by atoms with Crippen molar-refractivity contribution in [2.24, 2.45) is 5.92 Å². The van der Waals surface area contributed by atoms with Gasteiger partial charge < -0.3 is 9.84 Å². The summed E-state index contributed by atoms with van der Waals surface area (Å²) in [7, 11) is 1.55. The number of carbonyl (C=O) groups is 1. The minimum Gasteiger partial charge on any atom is -0.496 e. The second kappa shape index (κ2) is 5.76. The zero-order valence-corrected chi connectivity index (χ0v) is 9.01. The molecule has 1 N–H and O–H groups in total. The highest BCUT2D eigenvalue weighted by atomic mass is 16.5. The van der Waals surface area contributed by atoms with Crippen LogP contribution in [-0.4, -0.2) is 18.2 Å². The summed E-state index contributed by atoms with van der Waals surface area (Å²) in [5.74, 6) is -0.789. The molecule has 0 amide bonds. The summed E-state index contributed by atoms with van der Waals surface area (Å²) in [6.45, 7) is 0. The van der Waals surface area contributed by atoms with E-state index in [1.807, 2.05) is 24.3 Å². The Labute approximate surface area is 94.1 Å². The number of rotatable bonds is 5. The minimum atomic E-state index is -0.957. The number of benzene rings is 1. The Hall–Kier alpha value is -2.02. The third-order valence-electron chi connectivity index (χ3n) is 2.26. The molecule has 0 aliphatic heterocycles. The summed E-state index contributed by atoms with van der Waals surface area (Å²) in [6, 6.07) is 9.31. The molecule has 0 bridgehead atoms. The lowest BCUT2D eigenvalue weighted by molar-refractivity contribution is -0.137. The quantitative estimate of drug-likeness (QED) is 0.820. The van der Waals surface area contributed by atoms with Gasteiger partial charge in [-0.15, -0.1) is 0 Å². The third-order valence-corrected chi connectivity index (χ3v) is 2.26. The molecule has 4 heteroatoms. The predicted octanol–water partition coefficient (Wildman–Crippen LogP) is 1.85. The van der Waals surface area contributed by atoms with Gasteiger partial charge in [-0.1, -0.05) is 18.2 Å². The molecule has 1 unspecified atom stereocenters. The topological polar surface area (TPSA) is 70.3 Å². The van der Waals surface area contributed by atoms with Crippen molar-refractivity contribution >= 4 is 5.97 Å². The first-order valence-corrected chi connectivity index (χ1v) is 4.90. The number of nitrogens with zero attached hydrogens (tertiary/aromatic N) is 1. The van der Waals surface area contributed by atoms with Gasteiger partial charge in [0.25, 0.3) is 0 Å². The number of hydrogen-bond acceptors (Lipinski definition) is 3. The second-order valence-electron chi connectivity index (χ2n) is 3.44. The highest BCUT2D eigenvalue weighted by Crippen LogP contribution is 2.21. The van der Waals surface area contributed by atoms with Gasteiger partial charge in [-0.25, -0.2) is 0 Å². The van der Waals surface area contributed by atoms with Gasteiger partial charge >= 0.3 is 5.97 Å². The molecule has 1 aromatic rings. The van der Waals surface area contributed by atoms with Crippen LogP contribution in [0.25, 0.3) is 0 Å². The van der Waals surface area contributed by atoms with Crippen molar-refractivity contribution < 1.29 is 14.6 Å². The lowest BCUT2D eigenvalue weighted by Crippen LogP contribution is -2.09. The first-order chi connectivity index (χ1) is 7.67. The lowest BCUT2D eigenvalue weighted by Gasteiger charge is -2.10. The molecule has 1 rings (SSSR count). The Balaban J connectivity index is 2.78. The Morgan fingerprint density at radius 2 is 2.25 bits per heavy atom. The van der Waals surface area contributed by atoms with Crippen molar-refractivity contribution in [3.63, 3.8) is 0 Å².